The van der Waals surface area contributed by atoms with E-state index in [9.17, 15) is 9.59 Å². The molecule has 0 saturated heterocycles. The van der Waals surface area contributed by atoms with E-state index in [-0.39, 0.29) is 17.6 Å². The number of aliphatic hydroxyl groups excluding tert-OH is 1. The molecule has 0 bridgehead atoms. The lowest BCUT2D eigenvalue weighted by Gasteiger charge is -2.05. The minimum Gasteiger partial charge on any atom is -0.384 e. The molecule has 0 unspecified atom stereocenters. The molecule has 0 atom stereocenters. The van der Waals surface area contributed by atoms with Crippen molar-refractivity contribution in [3.63, 3.8) is 0 Å². The highest BCUT2D eigenvalue weighted by Gasteiger charge is 2.10. The second kappa shape index (κ2) is 6.55. The van der Waals surface area contributed by atoms with E-state index in [1.54, 1.807) is 31.2 Å². The minimum absolute atomic E-state index is 0.0600. The number of amides is 1. The maximum Gasteiger partial charge on any atom is 0.261 e. The molecular weight excluding hydrogens is 268 g/mol. The van der Waals surface area contributed by atoms with Crippen LogP contribution in [0, 0.1) is 18.8 Å². The summed E-state index contributed by atoms with van der Waals surface area (Å²) < 4.78 is 0. The highest BCUT2D eigenvalue weighted by molar-refractivity contribution is 6.03. The smallest absolute Gasteiger partial charge is 0.261 e. The van der Waals surface area contributed by atoms with Crippen molar-refractivity contribution < 1.29 is 9.90 Å². The Kier molecular flexibility index (Phi) is 4.54. The van der Waals surface area contributed by atoms with Gasteiger partial charge in [-0.05, 0) is 31.2 Å². The largest absolute Gasteiger partial charge is 0.384 e. The van der Waals surface area contributed by atoms with Crippen LogP contribution in [0.5, 0.6) is 0 Å². The van der Waals surface area contributed by atoms with Gasteiger partial charge in [0, 0.05) is 29.2 Å². The molecule has 0 aliphatic rings. The highest BCUT2D eigenvalue weighted by Crippen LogP contribution is 2.09. The van der Waals surface area contributed by atoms with Gasteiger partial charge in [0.05, 0.1) is 0 Å². The Balaban J connectivity index is 2.14. The number of hydrogen-bond acceptors (Lipinski definition) is 3. The molecule has 0 fully saturated rings. The number of aliphatic hydroxyl groups is 1. The van der Waals surface area contributed by atoms with Crippen molar-refractivity contribution in [1.29, 1.82) is 0 Å². The number of aromatic amines is 1. The van der Waals surface area contributed by atoms with Crippen molar-refractivity contribution in [1.82, 2.24) is 4.98 Å². The fourth-order valence-corrected chi connectivity index (χ4v) is 1.73. The lowest BCUT2D eigenvalue weighted by Crippen LogP contribution is -2.21. The van der Waals surface area contributed by atoms with Crippen molar-refractivity contribution in [2.75, 3.05) is 11.9 Å². The van der Waals surface area contributed by atoms with Gasteiger partial charge in [0.15, 0.2) is 5.43 Å². The molecule has 0 aliphatic heterocycles. The average Bonchev–Trinajstić information content (AvgIpc) is 2.46. The van der Waals surface area contributed by atoms with E-state index in [4.69, 9.17) is 5.11 Å². The molecule has 1 heterocycles. The number of carbonyl (C=O) groups excluding carboxylic acids is 1. The number of rotatable bonds is 2. The molecule has 1 aromatic carbocycles. The number of aryl methyl sites for hydroxylation is 1. The van der Waals surface area contributed by atoms with E-state index in [1.165, 1.54) is 12.3 Å². The molecule has 0 spiro atoms. The van der Waals surface area contributed by atoms with Crippen LogP contribution in [-0.2, 0) is 0 Å². The predicted octanol–water partition coefficient (Wildman–Crippen LogP) is 1.28. The molecule has 0 aliphatic carbocycles. The number of aromatic nitrogens is 1. The third-order valence-electron chi connectivity index (χ3n) is 2.76. The van der Waals surface area contributed by atoms with Gasteiger partial charge in [-0.1, -0.05) is 11.8 Å². The number of nitrogens with one attached hydrogen (secondary N) is 2. The van der Waals surface area contributed by atoms with Gasteiger partial charge >= 0.3 is 0 Å². The zero-order valence-corrected chi connectivity index (χ0v) is 11.4. The fraction of sp³-hybridized carbons (Fsp3) is 0.125. The zero-order chi connectivity index (χ0) is 15.2. The number of anilines is 1. The molecule has 1 amide bonds. The van der Waals surface area contributed by atoms with Crippen LogP contribution in [0.25, 0.3) is 0 Å². The zero-order valence-electron chi connectivity index (χ0n) is 11.4. The van der Waals surface area contributed by atoms with Crippen molar-refractivity contribution in [3.8, 4) is 11.8 Å². The monoisotopic (exact) mass is 282 g/mol. The number of pyridine rings is 1. The van der Waals surface area contributed by atoms with E-state index in [0.29, 0.717) is 11.4 Å². The second-order valence-corrected chi connectivity index (χ2v) is 4.39. The van der Waals surface area contributed by atoms with Gasteiger partial charge in [-0.25, -0.2) is 0 Å². The van der Waals surface area contributed by atoms with Gasteiger partial charge in [-0.2, -0.15) is 0 Å². The molecule has 1 aromatic heterocycles. The third-order valence-corrected chi connectivity index (χ3v) is 2.76. The summed E-state index contributed by atoms with van der Waals surface area (Å²) in [6.45, 7) is 1.55. The Morgan fingerprint density at radius 3 is 2.67 bits per heavy atom. The maximum atomic E-state index is 12.0. The topological polar surface area (TPSA) is 82.2 Å². The molecule has 106 valence electrons. The normalized spacial score (nSPS) is 9.62. The summed E-state index contributed by atoms with van der Waals surface area (Å²) in [5.41, 5.74) is 1.73. The lowest BCUT2D eigenvalue weighted by atomic mass is 10.2. The van der Waals surface area contributed by atoms with Crippen LogP contribution < -0.4 is 10.7 Å². The van der Waals surface area contributed by atoms with Crippen molar-refractivity contribution in [2.45, 2.75) is 6.92 Å². The summed E-state index contributed by atoms with van der Waals surface area (Å²) in [6.07, 6.45) is 1.40. The first kappa shape index (κ1) is 14.6. The van der Waals surface area contributed by atoms with Gasteiger partial charge < -0.3 is 15.4 Å². The quantitative estimate of drug-likeness (QED) is 0.726. The van der Waals surface area contributed by atoms with E-state index >= 15 is 0 Å². The molecule has 2 rings (SSSR count). The molecule has 5 heteroatoms. The van der Waals surface area contributed by atoms with Crippen LogP contribution in [0.4, 0.5) is 5.69 Å². The van der Waals surface area contributed by atoms with Crippen LogP contribution in [0.2, 0.25) is 0 Å². The van der Waals surface area contributed by atoms with Crippen molar-refractivity contribution >= 4 is 11.6 Å². The van der Waals surface area contributed by atoms with E-state index < -0.39 is 5.91 Å². The summed E-state index contributed by atoms with van der Waals surface area (Å²) in [4.78, 5) is 26.6. The third kappa shape index (κ3) is 3.81. The standard InChI is InChI=1S/C16H14N2O3/c1-11-9-15(20)14(10-17-11)16(21)18-13-6-4-12(5-7-13)3-2-8-19/h4-7,9-10,19H,8H2,1H3,(H,17,20)(H,18,21). The van der Waals surface area contributed by atoms with Gasteiger partial charge in [0.25, 0.3) is 5.91 Å². The first-order valence-electron chi connectivity index (χ1n) is 6.30. The van der Waals surface area contributed by atoms with Crippen LogP contribution in [0.3, 0.4) is 0 Å². The molecule has 3 N–H and O–H groups in total. The Morgan fingerprint density at radius 1 is 1.33 bits per heavy atom. The Hall–Kier alpha value is -2.84. The second-order valence-electron chi connectivity index (χ2n) is 4.39. The molecule has 0 radical (unpaired) electrons. The number of carbonyl (C=O) groups is 1. The fourth-order valence-electron chi connectivity index (χ4n) is 1.73. The van der Waals surface area contributed by atoms with Crippen LogP contribution in [0.15, 0.2) is 41.3 Å². The van der Waals surface area contributed by atoms with Gasteiger partial charge in [0.1, 0.15) is 12.2 Å². The maximum absolute atomic E-state index is 12.0. The summed E-state index contributed by atoms with van der Waals surface area (Å²) in [6, 6.07) is 8.18. The molecule has 5 nitrogen and oxygen atoms in total. The number of benzene rings is 1. The molecule has 0 saturated carbocycles. The van der Waals surface area contributed by atoms with E-state index in [1.807, 2.05) is 0 Å². The SMILES string of the molecule is Cc1cc(=O)c(C(=O)Nc2ccc(C#CCO)cc2)c[nH]1. The Bertz CT molecular complexity index is 765. The first-order chi connectivity index (χ1) is 10.1. The first-order valence-corrected chi connectivity index (χ1v) is 6.30. The van der Waals surface area contributed by atoms with Crippen LogP contribution in [-0.4, -0.2) is 22.6 Å². The van der Waals surface area contributed by atoms with Crippen molar-refractivity contribution in [3.05, 3.63) is 63.6 Å². The summed E-state index contributed by atoms with van der Waals surface area (Å²) in [5, 5.41) is 11.3. The van der Waals surface area contributed by atoms with Gasteiger partial charge in [-0.15, -0.1) is 0 Å². The van der Waals surface area contributed by atoms with Crippen molar-refractivity contribution in [2.24, 2.45) is 0 Å². The highest BCUT2D eigenvalue weighted by atomic mass is 16.2. The van der Waals surface area contributed by atoms with Crippen LogP contribution in [0.1, 0.15) is 21.6 Å². The van der Waals surface area contributed by atoms with Gasteiger partial charge in [-0.3, -0.25) is 9.59 Å². The minimum atomic E-state index is -0.467. The van der Waals surface area contributed by atoms with E-state index in [0.717, 1.165) is 5.56 Å². The van der Waals surface area contributed by atoms with Crippen LogP contribution >= 0.6 is 0 Å². The Morgan fingerprint density at radius 2 is 2.05 bits per heavy atom. The Labute approximate surface area is 121 Å². The lowest BCUT2D eigenvalue weighted by molar-refractivity contribution is 0.102. The number of H-pyrrole nitrogens is 1. The average molecular weight is 282 g/mol. The molecule has 2 aromatic rings. The van der Waals surface area contributed by atoms with Gasteiger partial charge in [0.2, 0.25) is 0 Å². The number of hydrogen-bond donors (Lipinski definition) is 3. The van der Waals surface area contributed by atoms with E-state index in [2.05, 4.69) is 22.1 Å². The summed E-state index contributed by atoms with van der Waals surface area (Å²) in [5.74, 6) is 4.82. The molecular formula is C16H14N2O3. The molecule has 21 heavy (non-hydrogen) atoms. The summed E-state index contributed by atoms with van der Waals surface area (Å²) >= 11 is 0. The predicted molar refractivity (Wildman–Crippen MR) is 80.2 cm³/mol. The summed E-state index contributed by atoms with van der Waals surface area (Å²) in [7, 11) is 0.